The molecule has 0 spiro atoms. The van der Waals surface area contributed by atoms with Crippen LogP contribution in [0.1, 0.15) is 75.5 Å². The topological polar surface area (TPSA) is 57.7 Å². The molecule has 5 heteroatoms. The van der Waals surface area contributed by atoms with Crippen LogP contribution in [0.25, 0.3) is 0 Å². The van der Waals surface area contributed by atoms with Crippen LogP contribution >= 0.6 is 0 Å². The highest BCUT2D eigenvalue weighted by Gasteiger charge is 2.28. The van der Waals surface area contributed by atoms with E-state index in [2.05, 4.69) is 43.6 Å². The minimum absolute atomic E-state index is 0.0641. The molecule has 0 saturated heterocycles. The number of fused-ring (bicyclic) bond motifs is 2. The highest BCUT2D eigenvalue weighted by Crippen LogP contribution is 2.34. The van der Waals surface area contributed by atoms with Crippen molar-refractivity contribution in [3.8, 4) is 0 Å². The predicted molar refractivity (Wildman–Crippen MR) is 163 cm³/mol. The summed E-state index contributed by atoms with van der Waals surface area (Å²) < 4.78 is 0. The first-order valence-corrected chi connectivity index (χ1v) is 14.0. The van der Waals surface area contributed by atoms with Crippen molar-refractivity contribution in [2.45, 2.75) is 27.7 Å². The summed E-state index contributed by atoms with van der Waals surface area (Å²) >= 11 is 0. The van der Waals surface area contributed by atoms with Crippen molar-refractivity contribution in [3.63, 3.8) is 0 Å². The SMILES string of the molecule is CCN(CC)c1cccc(C(=O)c2ccccc2)c1N(CC)CC.O=C1c2ccccc2C(=O)c2ccccc21. The second kappa shape index (κ2) is 13.0. The Morgan fingerprint density at radius 3 is 1.38 bits per heavy atom. The summed E-state index contributed by atoms with van der Waals surface area (Å²) in [6.07, 6.45) is 0. The predicted octanol–water partition coefficient (Wildman–Crippen LogP) is 7.07. The molecule has 1 aliphatic carbocycles. The standard InChI is InChI=1S/C21H28N2O.C14H8O2/c1-5-22(6-2)19-16-12-15-18(20(19)23(7-3)8-4)21(24)17-13-10-9-11-14-17;15-13-9-5-1-2-6-10(9)14(16)12-8-4-3-7-11(12)13/h9-16H,5-8H2,1-4H3;1-8H. The Kier molecular flexibility index (Phi) is 9.28. The van der Waals surface area contributed by atoms with Crippen molar-refractivity contribution in [1.82, 2.24) is 0 Å². The first-order chi connectivity index (χ1) is 19.5. The lowest BCUT2D eigenvalue weighted by Crippen LogP contribution is -2.30. The van der Waals surface area contributed by atoms with Gasteiger partial charge in [-0.3, -0.25) is 14.4 Å². The van der Waals surface area contributed by atoms with Gasteiger partial charge in [-0.05, 0) is 39.8 Å². The highest BCUT2D eigenvalue weighted by atomic mass is 16.1. The summed E-state index contributed by atoms with van der Waals surface area (Å²) in [5, 5.41) is 0. The van der Waals surface area contributed by atoms with E-state index in [4.69, 9.17) is 0 Å². The van der Waals surface area contributed by atoms with Crippen LogP contribution in [0, 0.1) is 0 Å². The molecule has 5 rings (SSSR count). The fraction of sp³-hybridized carbons (Fsp3) is 0.229. The van der Waals surface area contributed by atoms with E-state index in [1.165, 1.54) is 0 Å². The van der Waals surface area contributed by atoms with Gasteiger partial charge in [0.05, 0.1) is 11.4 Å². The van der Waals surface area contributed by atoms with Gasteiger partial charge in [-0.15, -0.1) is 0 Å². The third-order valence-corrected chi connectivity index (χ3v) is 7.31. The number of hydrogen-bond donors (Lipinski definition) is 0. The largest absolute Gasteiger partial charge is 0.370 e. The van der Waals surface area contributed by atoms with E-state index >= 15 is 0 Å². The molecule has 0 bridgehead atoms. The third kappa shape index (κ3) is 5.59. The Bertz CT molecular complexity index is 1400. The number of ketones is 3. The number of benzene rings is 4. The lowest BCUT2D eigenvalue weighted by molar-refractivity contribution is 0.0979. The summed E-state index contributed by atoms with van der Waals surface area (Å²) in [5.41, 5.74) is 5.75. The van der Waals surface area contributed by atoms with E-state index < -0.39 is 0 Å². The molecule has 1 aliphatic rings. The van der Waals surface area contributed by atoms with Crippen molar-refractivity contribution in [1.29, 1.82) is 0 Å². The molecule has 0 atom stereocenters. The van der Waals surface area contributed by atoms with Gasteiger partial charge >= 0.3 is 0 Å². The van der Waals surface area contributed by atoms with Crippen LogP contribution in [-0.2, 0) is 0 Å². The normalized spacial score (nSPS) is 11.6. The second-order valence-electron chi connectivity index (χ2n) is 9.46. The van der Waals surface area contributed by atoms with Gasteiger partial charge in [0, 0.05) is 59.6 Å². The molecular formula is C35H36N2O3. The average Bonchev–Trinajstić information content (AvgIpc) is 3.02. The second-order valence-corrected chi connectivity index (χ2v) is 9.46. The number of nitrogens with zero attached hydrogens (tertiary/aromatic N) is 2. The maximum atomic E-state index is 13.1. The van der Waals surface area contributed by atoms with Gasteiger partial charge in [0.25, 0.3) is 0 Å². The average molecular weight is 533 g/mol. The van der Waals surface area contributed by atoms with Gasteiger partial charge < -0.3 is 9.80 Å². The van der Waals surface area contributed by atoms with Gasteiger partial charge in [0.2, 0.25) is 0 Å². The van der Waals surface area contributed by atoms with E-state index in [1.807, 2.05) is 42.5 Å². The monoisotopic (exact) mass is 532 g/mol. The number of anilines is 2. The summed E-state index contributed by atoms with van der Waals surface area (Å²) in [7, 11) is 0. The van der Waals surface area contributed by atoms with Gasteiger partial charge in [0.1, 0.15) is 0 Å². The zero-order chi connectivity index (χ0) is 28.6. The molecule has 0 heterocycles. The zero-order valence-corrected chi connectivity index (χ0v) is 23.7. The molecule has 4 aromatic rings. The molecule has 0 radical (unpaired) electrons. The Morgan fingerprint density at radius 2 is 0.950 bits per heavy atom. The Hall–Kier alpha value is -4.51. The molecule has 0 amide bonds. The van der Waals surface area contributed by atoms with E-state index in [0.717, 1.165) is 48.7 Å². The van der Waals surface area contributed by atoms with Gasteiger partial charge in [-0.1, -0.05) is 84.9 Å². The van der Waals surface area contributed by atoms with Crippen LogP contribution in [-0.4, -0.2) is 43.5 Å². The van der Waals surface area contributed by atoms with E-state index in [0.29, 0.717) is 22.3 Å². The number of para-hydroxylation sites is 1. The fourth-order valence-corrected chi connectivity index (χ4v) is 5.20. The first kappa shape index (κ1) is 28.5. The molecular weight excluding hydrogens is 496 g/mol. The molecule has 40 heavy (non-hydrogen) atoms. The van der Waals surface area contributed by atoms with Gasteiger partial charge in [-0.2, -0.15) is 0 Å². The summed E-state index contributed by atoms with van der Waals surface area (Å²) in [6.45, 7) is 12.2. The zero-order valence-electron chi connectivity index (χ0n) is 23.7. The van der Waals surface area contributed by atoms with E-state index in [9.17, 15) is 14.4 Å². The molecule has 204 valence electrons. The Morgan fingerprint density at radius 1 is 0.525 bits per heavy atom. The van der Waals surface area contributed by atoms with Crippen LogP contribution in [0.4, 0.5) is 11.4 Å². The van der Waals surface area contributed by atoms with Crippen molar-refractivity contribution in [2.24, 2.45) is 0 Å². The highest BCUT2D eigenvalue weighted by molar-refractivity contribution is 6.28. The van der Waals surface area contributed by atoms with Crippen LogP contribution in [0.15, 0.2) is 97.1 Å². The smallest absolute Gasteiger partial charge is 0.195 e. The third-order valence-electron chi connectivity index (χ3n) is 7.31. The van der Waals surface area contributed by atoms with Crippen molar-refractivity contribution in [3.05, 3.63) is 130 Å². The quantitative estimate of drug-likeness (QED) is 0.200. The molecule has 4 aromatic carbocycles. The van der Waals surface area contributed by atoms with E-state index in [-0.39, 0.29) is 17.3 Å². The number of carbonyl (C=O) groups is 3. The molecule has 5 nitrogen and oxygen atoms in total. The summed E-state index contributed by atoms with van der Waals surface area (Å²) in [6, 6.07) is 29.5. The maximum Gasteiger partial charge on any atom is 0.195 e. The van der Waals surface area contributed by atoms with Gasteiger partial charge in [-0.25, -0.2) is 0 Å². The summed E-state index contributed by atoms with van der Waals surface area (Å²) in [4.78, 5) is 41.9. The molecule has 0 aromatic heterocycles. The molecule has 0 saturated carbocycles. The lowest BCUT2D eigenvalue weighted by Gasteiger charge is -2.31. The Labute approximate surface area is 237 Å². The lowest BCUT2D eigenvalue weighted by atomic mass is 9.84. The van der Waals surface area contributed by atoms with Crippen LogP contribution < -0.4 is 9.80 Å². The van der Waals surface area contributed by atoms with Crippen molar-refractivity contribution >= 4 is 28.7 Å². The fourth-order valence-electron chi connectivity index (χ4n) is 5.20. The summed E-state index contributed by atoms with van der Waals surface area (Å²) in [5.74, 6) is -0.0388. The molecule has 0 N–H and O–H groups in total. The number of rotatable bonds is 8. The number of hydrogen-bond acceptors (Lipinski definition) is 5. The molecule has 0 unspecified atom stereocenters. The van der Waals surface area contributed by atoms with Crippen molar-refractivity contribution in [2.75, 3.05) is 36.0 Å². The maximum absolute atomic E-state index is 13.1. The van der Waals surface area contributed by atoms with Crippen LogP contribution in [0.2, 0.25) is 0 Å². The van der Waals surface area contributed by atoms with Crippen molar-refractivity contribution < 1.29 is 14.4 Å². The minimum atomic E-state index is -0.0641. The van der Waals surface area contributed by atoms with Gasteiger partial charge in [0.15, 0.2) is 17.3 Å². The van der Waals surface area contributed by atoms with Crippen LogP contribution in [0.3, 0.4) is 0 Å². The van der Waals surface area contributed by atoms with E-state index in [1.54, 1.807) is 48.5 Å². The Balaban J connectivity index is 0.000000199. The first-order valence-electron chi connectivity index (χ1n) is 14.0. The minimum Gasteiger partial charge on any atom is -0.370 e. The molecule has 0 aliphatic heterocycles. The number of carbonyl (C=O) groups excluding carboxylic acids is 3. The van der Waals surface area contributed by atoms with Crippen LogP contribution in [0.5, 0.6) is 0 Å². The molecule has 0 fully saturated rings.